The Kier molecular flexibility index (Phi) is 7.04. The van der Waals surface area contributed by atoms with Crippen LogP contribution in [0.15, 0.2) is 24.3 Å². The monoisotopic (exact) mass is 431 g/mol. The number of amides is 3. The molecule has 1 aromatic carbocycles. The van der Waals surface area contributed by atoms with Gasteiger partial charge in [-0.25, -0.2) is 0 Å². The Hall–Kier alpha value is -2.81. The van der Waals surface area contributed by atoms with Crippen LogP contribution in [0.3, 0.4) is 0 Å². The molecule has 0 unspecified atom stereocenters. The summed E-state index contributed by atoms with van der Waals surface area (Å²) in [4.78, 5) is 43.1. The topological polar surface area (TPSA) is 94.2 Å². The first-order valence-corrected chi connectivity index (χ1v) is 10.7. The number of nitrogens with zero attached hydrogens (tertiary/aromatic N) is 3. The third-order valence-corrected chi connectivity index (χ3v) is 5.33. The van der Waals surface area contributed by atoms with Gasteiger partial charge in [0.25, 0.3) is 5.91 Å². The summed E-state index contributed by atoms with van der Waals surface area (Å²) in [5.41, 5.74) is 0.559. The number of carbonyl (C=O) groups is 3. The number of para-hydroxylation sites is 2. The summed E-state index contributed by atoms with van der Waals surface area (Å²) in [6, 6.07) is 7.44. The summed E-state index contributed by atoms with van der Waals surface area (Å²) < 4.78 is 5.80. The predicted molar refractivity (Wildman–Crippen MR) is 118 cm³/mol. The molecule has 1 fully saturated rings. The number of likely N-dealkylation sites (N-methyl/N-ethyl adjacent to an activating group) is 1. The molecule has 1 saturated heterocycles. The van der Waals surface area contributed by atoms with Gasteiger partial charge in [-0.1, -0.05) is 12.1 Å². The second-order valence-corrected chi connectivity index (χ2v) is 9.02. The number of ether oxygens (including phenoxy) is 1. The van der Waals surface area contributed by atoms with E-state index in [0.717, 1.165) is 5.69 Å². The quantitative estimate of drug-likeness (QED) is 0.685. The molecular formula is C22H33N5O4. The van der Waals surface area contributed by atoms with Gasteiger partial charge in [-0.05, 0) is 32.9 Å². The fraction of sp³-hybridized carbons (Fsp3) is 0.591. The predicted octanol–water partition coefficient (Wildman–Crippen LogP) is 0.0589. The van der Waals surface area contributed by atoms with Gasteiger partial charge in [-0.3, -0.25) is 19.3 Å². The van der Waals surface area contributed by atoms with Gasteiger partial charge < -0.3 is 25.2 Å². The van der Waals surface area contributed by atoms with Crippen LogP contribution in [0.25, 0.3) is 0 Å². The lowest BCUT2D eigenvalue weighted by Gasteiger charge is -2.38. The van der Waals surface area contributed by atoms with E-state index in [1.54, 1.807) is 7.05 Å². The van der Waals surface area contributed by atoms with E-state index in [1.165, 1.54) is 0 Å². The molecule has 1 aromatic rings. The molecule has 2 aliphatic heterocycles. The number of hydrogen-bond acceptors (Lipinski definition) is 6. The van der Waals surface area contributed by atoms with Crippen molar-refractivity contribution in [2.75, 3.05) is 57.8 Å². The largest absolute Gasteiger partial charge is 0.477 e. The Morgan fingerprint density at radius 1 is 1.06 bits per heavy atom. The number of anilines is 1. The van der Waals surface area contributed by atoms with E-state index in [4.69, 9.17) is 4.74 Å². The fourth-order valence-corrected chi connectivity index (χ4v) is 3.83. The maximum atomic E-state index is 13.0. The lowest BCUT2D eigenvalue weighted by molar-refractivity contribution is -0.132. The molecule has 0 saturated carbocycles. The van der Waals surface area contributed by atoms with Crippen molar-refractivity contribution in [1.29, 1.82) is 0 Å². The molecule has 0 aliphatic carbocycles. The molecule has 3 amide bonds. The van der Waals surface area contributed by atoms with Gasteiger partial charge >= 0.3 is 0 Å². The van der Waals surface area contributed by atoms with Gasteiger partial charge in [0, 0.05) is 38.8 Å². The molecule has 2 aliphatic rings. The molecule has 2 N–H and O–H groups in total. The van der Waals surface area contributed by atoms with Crippen molar-refractivity contribution in [2.24, 2.45) is 0 Å². The lowest BCUT2D eigenvalue weighted by Crippen LogP contribution is -2.55. The van der Waals surface area contributed by atoms with E-state index < -0.39 is 6.10 Å². The molecule has 31 heavy (non-hydrogen) atoms. The minimum absolute atomic E-state index is 0.00237. The SMILES string of the molecule is CNC(=O)[C@@H]1CN(CC(=O)N2CCN(CC(=O)NC(C)(C)C)CC2)c2ccccc2O1. The number of nitrogens with one attached hydrogen (secondary N) is 2. The molecule has 3 rings (SSSR count). The summed E-state index contributed by atoms with van der Waals surface area (Å²) in [7, 11) is 1.57. The molecule has 0 bridgehead atoms. The minimum Gasteiger partial charge on any atom is -0.477 e. The highest BCUT2D eigenvalue weighted by Gasteiger charge is 2.32. The fourth-order valence-electron chi connectivity index (χ4n) is 3.83. The average molecular weight is 432 g/mol. The zero-order valence-electron chi connectivity index (χ0n) is 18.8. The number of hydrogen-bond donors (Lipinski definition) is 2. The average Bonchev–Trinajstić information content (AvgIpc) is 2.72. The Balaban J connectivity index is 1.56. The van der Waals surface area contributed by atoms with E-state index >= 15 is 0 Å². The van der Waals surface area contributed by atoms with E-state index in [9.17, 15) is 14.4 Å². The molecule has 9 heteroatoms. The van der Waals surface area contributed by atoms with Gasteiger partial charge in [0.15, 0.2) is 6.10 Å². The van der Waals surface area contributed by atoms with Crippen molar-refractivity contribution < 1.29 is 19.1 Å². The molecular weight excluding hydrogens is 398 g/mol. The molecule has 0 radical (unpaired) electrons. The van der Waals surface area contributed by atoms with Gasteiger partial charge in [0.2, 0.25) is 11.8 Å². The van der Waals surface area contributed by atoms with Crippen LogP contribution in [0.4, 0.5) is 5.69 Å². The van der Waals surface area contributed by atoms with Gasteiger partial charge in [0.1, 0.15) is 5.75 Å². The first-order chi connectivity index (χ1) is 14.7. The molecule has 2 heterocycles. The van der Waals surface area contributed by atoms with Crippen LogP contribution >= 0.6 is 0 Å². The van der Waals surface area contributed by atoms with Crippen LogP contribution in [0.5, 0.6) is 5.75 Å². The number of piperazine rings is 1. The molecule has 1 atom stereocenters. The highest BCUT2D eigenvalue weighted by molar-refractivity contribution is 5.86. The summed E-state index contributed by atoms with van der Waals surface area (Å²) in [6.07, 6.45) is -0.661. The smallest absolute Gasteiger partial charge is 0.262 e. The van der Waals surface area contributed by atoms with E-state index in [2.05, 4.69) is 15.5 Å². The van der Waals surface area contributed by atoms with Crippen molar-refractivity contribution in [1.82, 2.24) is 20.4 Å². The van der Waals surface area contributed by atoms with Crippen LogP contribution in [-0.4, -0.2) is 92.0 Å². The van der Waals surface area contributed by atoms with Crippen molar-refractivity contribution in [3.05, 3.63) is 24.3 Å². The summed E-state index contributed by atoms with van der Waals surface area (Å²) in [5, 5.41) is 5.58. The summed E-state index contributed by atoms with van der Waals surface area (Å²) in [5.74, 6) is 0.391. The molecule has 170 valence electrons. The van der Waals surface area contributed by atoms with Gasteiger partial charge in [-0.2, -0.15) is 0 Å². The van der Waals surface area contributed by atoms with Crippen molar-refractivity contribution >= 4 is 23.4 Å². The second-order valence-electron chi connectivity index (χ2n) is 9.02. The van der Waals surface area contributed by atoms with Crippen LogP contribution in [0.2, 0.25) is 0 Å². The molecule has 0 aromatic heterocycles. The van der Waals surface area contributed by atoms with Gasteiger partial charge in [0.05, 0.1) is 25.3 Å². The zero-order valence-corrected chi connectivity index (χ0v) is 18.8. The Labute approximate surface area is 183 Å². The van der Waals surface area contributed by atoms with Gasteiger partial charge in [-0.15, -0.1) is 0 Å². The first-order valence-electron chi connectivity index (χ1n) is 10.7. The number of rotatable bonds is 5. The number of benzene rings is 1. The highest BCUT2D eigenvalue weighted by atomic mass is 16.5. The van der Waals surface area contributed by atoms with E-state index in [1.807, 2.05) is 54.8 Å². The number of carbonyl (C=O) groups excluding carboxylic acids is 3. The van der Waals surface area contributed by atoms with E-state index in [0.29, 0.717) is 45.0 Å². The van der Waals surface area contributed by atoms with Crippen molar-refractivity contribution in [3.63, 3.8) is 0 Å². The standard InChI is InChI=1S/C22H33N5O4/c1-22(2,3)24-19(28)14-25-9-11-26(12-10-25)20(29)15-27-13-18(21(30)23-4)31-17-8-6-5-7-16(17)27/h5-8,18H,9-15H2,1-4H3,(H,23,30)(H,24,28)/t18-/m0/s1. The number of fused-ring (bicyclic) bond motifs is 1. The summed E-state index contributed by atoms with van der Waals surface area (Å²) >= 11 is 0. The van der Waals surface area contributed by atoms with Crippen LogP contribution in [0.1, 0.15) is 20.8 Å². The summed E-state index contributed by atoms with van der Waals surface area (Å²) in [6.45, 7) is 9.17. The second kappa shape index (κ2) is 9.55. The van der Waals surface area contributed by atoms with Crippen LogP contribution in [0, 0.1) is 0 Å². The lowest BCUT2D eigenvalue weighted by atomic mass is 10.1. The minimum atomic E-state index is -0.661. The van der Waals surface area contributed by atoms with Crippen LogP contribution < -0.4 is 20.3 Å². The normalized spacial score (nSPS) is 19.3. The Bertz CT molecular complexity index is 814. The van der Waals surface area contributed by atoms with E-state index in [-0.39, 0.29) is 29.8 Å². The third-order valence-electron chi connectivity index (χ3n) is 5.33. The zero-order chi connectivity index (χ0) is 22.6. The first kappa shape index (κ1) is 22.9. The van der Waals surface area contributed by atoms with Crippen LogP contribution in [-0.2, 0) is 14.4 Å². The third kappa shape index (κ3) is 6.10. The highest BCUT2D eigenvalue weighted by Crippen LogP contribution is 2.33. The Morgan fingerprint density at radius 2 is 1.74 bits per heavy atom. The van der Waals surface area contributed by atoms with Crippen molar-refractivity contribution in [3.8, 4) is 5.75 Å². The molecule has 9 nitrogen and oxygen atoms in total. The molecule has 0 spiro atoms. The maximum Gasteiger partial charge on any atom is 0.262 e. The Morgan fingerprint density at radius 3 is 2.39 bits per heavy atom. The maximum absolute atomic E-state index is 13.0. The van der Waals surface area contributed by atoms with Crippen molar-refractivity contribution in [2.45, 2.75) is 32.4 Å².